The summed E-state index contributed by atoms with van der Waals surface area (Å²) in [4.78, 5) is 9.19. The summed E-state index contributed by atoms with van der Waals surface area (Å²) in [6.45, 7) is 0. The molecular formula is C16H12ClFN2OS. The molecule has 0 aliphatic rings. The van der Waals surface area contributed by atoms with Crippen LogP contribution in [0.3, 0.4) is 0 Å². The van der Waals surface area contributed by atoms with Crippen LogP contribution in [0, 0.1) is 5.82 Å². The van der Waals surface area contributed by atoms with Gasteiger partial charge in [0.15, 0.2) is 0 Å². The summed E-state index contributed by atoms with van der Waals surface area (Å²) >= 11 is 7.25. The van der Waals surface area contributed by atoms with Gasteiger partial charge in [-0.25, -0.2) is 9.37 Å². The Balaban J connectivity index is 1.77. The second-order valence-corrected chi connectivity index (χ2v) is 6.28. The Kier molecular flexibility index (Phi) is 4.47. The maximum absolute atomic E-state index is 13.2. The Morgan fingerprint density at radius 1 is 1.23 bits per heavy atom. The number of thiazole rings is 1. The first-order chi connectivity index (χ1) is 10.6. The number of hydrogen-bond acceptors (Lipinski definition) is 4. The van der Waals surface area contributed by atoms with Gasteiger partial charge < -0.3 is 5.11 Å². The third kappa shape index (κ3) is 3.32. The lowest BCUT2D eigenvalue weighted by molar-refractivity contribution is 0.179. The van der Waals surface area contributed by atoms with Gasteiger partial charge in [0.25, 0.3) is 0 Å². The number of aliphatic hydroxyl groups excluding tert-OH is 1. The lowest BCUT2D eigenvalue weighted by atomic mass is 10.1. The maximum atomic E-state index is 13.2. The average molecular weight is 335 g/mol. The molecule has 0 saturated carbocycles. The van der Waals surface area contributed by atoms with Crippen molar-refractivity contribution >= 4 is 22.9 Å². The van der Waals surface area contributed by atoms with E-state index in [1.807, 2.05) is 0 Å². The minimum atomic E-state index is -0.604. The topological polar surface area (TPSA) is 46.0 Å². The summed E-state index contributed by atoms with van der Waals surface area (Å²) < 4.78 is 13.2. The summed E-state index contributed by atoms with van der Waals surface area (Å²) in [5.41, 5.74) is 1.58. The van der Waals surface area contributed by atoms with Crippen molar-refractivity contribution in [2.24, 2.45) is 0 Å². The summed E-state index contributed by atoms with van der Waals surface area (Å²) in [6, 6.07) is 8.09. The molecule has 0 saturated heterocycles. The Morgan fingerprint density at radius 2 is 2.00 bits per heavy atom. The molecule has 1 aromatic carbocycles. The van der Waals surface area contributed by atoms with Crippen LogP contribution < -0.4 is 0 Å². The standard InChI is InChI=1S/C16H12ClFN2OS/c17-13-7-11(1-2-14(13)18)16-20-9-12(22-16)8-15(21)10-3-5-19-6-4-10/h1-7,9,15,21H,8H2. The van der Waals surface area contributed by atoms with Crippen molar-refractivity contribution in [3.8, 4) is 10.6 Å². The largest absolute Gasteiger partial charge is 0.388 e. The number of aliphatic hydroxyl groups is 1. The lowest BCUT2D eigenvalue weighted by Crippen LogP contribution is -2.00. The summed E-state index contributed by atoms with van der Waals surface area (Å²) in [6.07, 6.45) is 4.89. The second kappa shape index (κ2) is 6.52. The molecule has 2 heterocycles. The number of aromatic nitrogens is 2. The van der Waals surface area contributed by atoms with E-state index in [2.05, 4.69) is 9.97 Å². The second-order valence-electron chi connectivity index (χ2n) is 4.76. The van der Waals surface area contributed by atoms with E-state index in [0.717, 1.165) is 21.0 Å². The van der Waals surface area contributed by atoms with E-state index in [-0.39, 0.29) is 5.02 Å². The molecule has 0 aliphatic heterocycles. The fraction of sp³-hybridized carbons (Fsp3) is 0.125. The minimum absolute atomic E-state index is 0.0751. The van der Waals surface area contributed by atoms with Gasteiger partial charge in [0, 0.05) is 35.5 Å². The molecule has 0 bridgehead atoms. The van der Waals surface area contributed by atoms with Gasteiger partial charge in [0.05, 0.1) is 11.1 Å². The molecule has 3 aromatic rings. The first-order valence-corrected chi connectivity index (χ1v) is 7.81. The van der Waals surface area contributed by atoms with Crippen LogP contribution in [0.1, 0.15) is 16.5 Å². The van der Waals surface area contributed by atoms with Crippen LogP contribution in [-0.4, -0.2) is 15.1 Å². The number of hydrogen-bond donors (Lipinski definition) is 1. The van der Waals surface area contributed by atoms with Crippen molar-refractivity contribution in [1.29, 1.82) is 0 Å². The molecule has 22 heavy (non-hydrogen) atoms. The van der Waals surface area contributed by atoms with Crippen LogP contribution in [0.4, 0.5) is 4.39 Å². The fourth-order valence-corrected chi connectivity index (χ4v) is 3.18. The van der Waals surface area contributed by atoms with E-state index >= 15 is 0 Å². The summed E-state index contributed by atoms with van der Waals surface area (Å²) in [5, 5.41) is 11.0. The monoisotopic (exact) mass is 334 g/mol. The molecule has 1 unspecified atom stereocenters. The highest BCUT2D eigenvalue weighted by molar-refractivity contribution is 7.15. The zero-order chi connectivity index (χ0) is 15.5. The van der Waals surface area contributed by atoms with Crippen molar-refractivity contribution in [2.45, 2.75) is 12.5 Å². The van der Waals surface area contributed by atoms with Crippen LogP contribution in [0.5, 0.6) is 0 Å². The highest BCUT2D eigenvalue weighted by Gasteiger charge is 2.12. The van der Waals surface area contributed by atoms with Gasteiger partial charge >= 0.3 is 0 Å². The van der Waals surface area contributed by atoms with E-state index in [4.69, 9.17) is 11.6 Å². The quantitative estimate of drug-likeness (QED) is 0.774. The Labute approximate surface area is 136 Å². The fourth-order valence-electron chi connectivity index (χ4n) is 2.06. The van der Waals surface area contributed by atoms with Gasteiger partial charge in [-0.3, -0.25) is 4.98 Å². The molecule has 112 valence electrons. The van der Waals surface area contributed by atoms with Crippen molar-refractivity contribution in [3.63, 3.8) is 0 Å². The maximum Gasteiger partial charge on any atom is 0.141 e. The van der Waals surface area contributed by atoms with E-state index < -0.39 is 11.9 Å². The molecular weight excluding hydrogens is 323 g/mol. The molecule has 0 fully saturated rings. The molecule has 2 aromatic heterocycles. The lowest BCUT2D eigenvalue weighted by Gasteiger charge is -2.08. The molecule has 3 rings (SSSR count). The van der Waals surface area contributed by atoms with Gasteiger partial charge in [0.1, 0.15) is 10.8 Å². The van der Waals surface area contributed by atoms with Crippen molar-refractivity contribution in [2.75, 3.05) is 0 Å². The summed E-state index contributed by atoms with van der Waals surface area (Å²) in [5.74, 6) is -0.449. The van der Waals surface area contributed by atoms with Crippen LogP contribution in [0.2, 0.25) is 5.02 Å². The zero-order valence-electron chi connectivity index (χ0n) is 11.4. The van der Waals surface area contributed by atoms with Gasteiger partial charge in [-0.2, -0.15) is 0 Å². The van der Waals surface area contributed by atoms with Crippen LogP contribution in [0.15, 0.2) is 48.9 Å². The molecule has 0 aliphatic carbocycles. The molecule has 1 N–H and O–H groups in total. The van der Waals surface area contributed by atoms with Crippen molar-refractivity contribution in [3.05, 3.63) is 70.2 Å². The molecule has 0 spiro atoms. The third-order valence-corrected chi connectivity index (χ3v) is 4.56. The van der Waals surface area contributed by atoms with E-state index in [0.29, 0.717) is 6.42 Å². The van der Waals surface area contributed by atoms with Crippen LogP contribution in [0.25, 0.3) is 10.6 Å². The number of pyridine rings is 1. The van der Waals surface area contributed by atoms with E-state index in [1.54, 1.807) is 42.9 Å². The summed E-state index contributed by atoms with van der Waals surface area (Å²) in [7, 11) is 0. The molecule has 3 nitrogen and oxygen atoms in total. The highest BCUT2D eigenvalue weighted by atomic mass is 35.5. The van der Waals surface area contributed by atoms with E-state index in [9.17, 15) is 9.50 Å². The Morgan fingerprint density at radius 3 is 2.73 bits per heavy atom. The zero-order valence-corrected chi connectivity index (χ0v) is 13.0. The van der Waals surface area contributed by atoms with Gasteiger partial charge in [-0.15, -0.1) is 11.3 Å². The predicted octanol–water partition coefficient (Wildman–Crippen LogP) is 4.27. The number of nitrogens with zero attached hydrogens (tertiary/aromatic N) is 2. The Hall–Kier alpha value is -1.82. The van der Waals surface area contributed by atoms with Gasteiger partial charge in [-0.1, -0.05) is 11.6 Å². The van der Waals surface area contributed by atoms with Crippen LogP contribution in [-0.2, 0) is 6.42 Å². The minimum Gasteiger partial charge on any atom is -0.388 e. The first kappa shape index (κ1) is 15.1. The smallest absolute Gasteiger partial charge is 0.141 e. The highest BCUT2D eigenvalue weighted by Crippen LogP contribution is 2.30. The molecule has 1 atom stereocenters. The average Bonchev–Trinajstić information content (AvgIpc) is 2.99. The predicted molar refractivity (Wildman–Crippen MR) is 85.4 cm³/mol. The molecule has 0 radical (unpaired) electrons. The number of halogens is 2. The van der Waals surface area contributed by atoms with E-state index in [1.165, 1.54) is 17.4 Å². The van der Waals surface area contributed by atoms with Gasteiger partial charge in [0.2, 0.25) is 0 Å². The molecule has 6 heteroatoms. The SMILES string of the molecule is OC(Cc1cnc(-c2ccc(F)c(Cl)c2)s1)c1ccncc1. The van der Waals surface area contributed by atoms with Crippen molar-refractivity contribution < 1.29 is 9.50 Å². The number of rotatable bonds is 4. The normalized spacial score (nSPS) is 12.3. The van der Waals surface area contributed by atoms with Gasteiger partial charge in [-0.05, 0) is 35.9 Å². The first-order valence-electron chi connectivity index (χ1n) is 6.61. The third-order valence-electron chi connectivity index (χ3n) is 3.21. The Bertz CT molecular complexity index is 779. The molecule has 0 amide bonds. The number of benzene rings is 1. The van der Waals surface area contributed by atoms with Crippen LogP contribution >= 0.6 is 22.9 Å². The van der Waals surface area contributed by atoms with Crippen molar-refractivity contribution in [1.82, 2.24) is 9.97 Å².